The third-order valence-corrected chi connectivity index (χ3v) is 5.97. The first-order valence-corrected chi connectivity index (χ1v) is 9.14. The number of thiazole rings is 1. The Labute approximate surface area is 140 Å². The van der Waals surface area contributed by atoms with Gasteiger partial charge in [0.05, 0.1) is 18.7 Å². The standard InChI is InChI=1S/C18H22N2O2S/c1-21-13-5-6-15-16(7-8-22-17(15)9-13)19-10-14-11-20-18(23-14)12-3-2-4-12/h5-6,9,11-12,16,19H,2-4,7-8,10H2,1H3/t16-/m1/s1. The van der Waals surface area contributed by atoms with E-state index in [0.717, 1.165) is 37.0 Å². The molecule has 2 aliphatic rings. The van der Waals surface area contributed by atoms with Crippen LogP contribution >= 0.6 is 11.3 Å². The summed E-state index contributed by atoms with van der Waals surface area (Å²) in [4.78, 5) is 5.93. The normalized spacial score (nSPS) is 20.5. The average molecular weight is 330 g/mol. The number of benzene rings is 1. The Kier molecular flexibility index (Phi) is 4.23. The Hall–Kier alpha value is -1.59. The molecule has 5 heteroatoms. The SMILES string of the molecule is COc1ccc2c(c1)OCC[C@H]2NCc1cnc(C2CCC2)s1. The molecule has 122 valence electrons. The third kappa shape index (κ3) is 3.08. The van der Waals surface area contributed by atoms with E-state index in [9.17, 15) is 0 Å². The van der Waals surface area contributed by atoms with Crippen LogP contribution in [0.5, 0.6) is 11.5 Å². The lowest BCUT2D eigenvalue weighted by Crippen LogP contribution is -2.26. The summed E-state index contributed by atoms with van der Waals surface area (Å²) in [7, 11) is 1.68. The van der Waals surface area contributed by atoms with Crippen LogP contribution in [0.15, 0.2) is 24.4 Å². The summed E-state index contributed by atoms with van der Waals surface area (Å²) in [5, 5.41) is 4.99. The largest absolute Gasteiger partial charge is 0.497 e. The first-order valence-electron chi connectivity index (χ1n) is 8.32. The summed E-state index contributed by atoms with van der Waals surface area (Å²) in [6.45, 7) is 1.62. The van der Waals surface area contributed by atoms with Crippen LogP contribution in [-0.4, -0.2) is 18.7 Å². The van der Waals surface area contributed by atoms with Crippen LogP contribution in [0.1, 0.15) is 53.1 Å². The van der Waals surface area contributed by atoms with Gasteiger partial charge in [0.25, 0.3) is 0 Å². The molecule has 1 N–H and O–H groups in total. The van der Waals surface area contributed by atoms with Gasteiger partial charge < -0.3 is 14.8 Å². The van der Waals surface area contributed by atoms with Crippen molar-refractivity contribution in [3.8, 4) is 11.5 Å². The summed E-state index contributed by atoms with van der Waals surface area (Å²) in [5.74, 6) is 2.51. The molecule has 0 saturated heterocycles. The van der Waals surface area contributed by atoms with Gasteiger partial charge >= 0.3 is 0 Å². The van der Waals surface area contributed by atoms with Crippen LogP contribution in [0.4, 0.5) is 0 Å². The van der Waals surface area contributed by atoms with Crippen molar-refractivity contribution in [2.75, 3.05) is 13.7 Å². The molecule has 23 heavy (non-hydrogen) atoms. The highest BCUT2D eigenvalue weighted by Crippen LogP contribution is 2.38. The van der Waals surface area contributed by atoms with Crippen LogP contribution in [0.25, 0.3) is 0 Å². The minimum Gasteiger partial charge on any atom is -0.497 e. The first kappa shape index (κ1) is 15.0. The highest BCUT2D eigenvalue weighted by atomic mass is 32.1. The second-order valence-corrected chi connectivity index (χ2v) is 7.41. The number of hydrogen-bond acceptors (Lipinski definition) is 5. The molecule has 1 aromatic heterocycles. The van der Waals surface area contributed by atoms with Crippen molar-refractivity contribution in [2.24, 2.45) is 0 Å². The smallest absolute Gasteiger partial charge is 0.127 e. The molecule has 0 unspecified atom stereocenters. The van der Waals surface area contributed by atoms with Crippen molar-refractivity contribution >= 4 is 11.3 Å². The Morgan fingerprint density at radius 1 is 1.35 bits per heavy atom. The number of ether oxygens (including phenoxy) is 2. The van der Waals surface area contributed by atoms with Crippen molar-refractivity contribution < 1.29 is 9.47 Å². The van der Waals surface area contributed by atoms with Gasteiger partial charge in [-0.15, -0.1) is 11.3 Å². The molecular weight excluding hydrogens is 308 g/mol. The average Bonchev–Trinajstić information content (AvgIpc) is 2.99. The van der Waals surface area contributed by atoms with Crippen LogP contribution in [-0.2, 0) is 6.54 Å². The predicted molar refractivity (Wildman–Crippen MR) is 91.4 cm³/mol. The topological polar surface area (TPSA) is 43.4 Å². The maximum atomic E-state index is 5.78. The van der Waals surface area contributed by atoms with Gasteiger partial charge in [0.2, 0.25) is 0 Å². The van der Waals surface area contributed by atoms with Crippen molar-refractivity contribution in [3.63, 3.8) is 0 Å². The molecule has 4 rings (SSSR count). The molecule has 1 aliphatic heterocycles. The maximum Gasteiger partial charge on any atom is 0.127 e. The molecule has 1 aromatic carbocycles. The van der Waals surface area contributed by atoms with Gasteiger partial charge in [0.15, 0.2) is 0 Å². The lowest BCUT2D eigenvalue weighted by molar-refractivity contribution is 0.251. The molecule has 2 aromatic rings. The monoisotopic (exact) mass is 330 g/mol. The molecule has 0 amide bonds. The molecule has 0 spiro atoms. The quantitative estimate of drug-likeness (QED) is 0.899. The number of fused-ring (bicyclic) bond motifs is 1. The zero-order valence-electron chi connectivity index (χ0n) is 13.4. The zero-order valence-corrected chi connectivity index (χ0v) is 14.2. The van der Waals surface area contributed by atoms with Crippen LogP contribution in [0.2, 0.25) is 0 Å². The van der Waals surface area contributed by atoms with E-state index in [1.165, 1.54) is 34.7 Å². The number of nitrogens with one attached hydrogen (secondary N) is 1. The Morgan fingerprint density at radius 2 is 2.26 bits per heavy atom. The van der Waals surface area contributed by atoms with Gasteiger partial charge in [-0.2, -0.15) is 0 Å². The maximum absolute atomic E-state index is 5.78. The van der Waals surface area contributed by atoms with Crippen molar-refractivity contribution in [1.82, 2.24) is 10.3 Å². The predicted octanol–water partition coefficient (Wildman–Crippen LogP) is 4.03. The molecule has 0 bridgehead atoms. The van der Waals surface area contributed by atoms with Crippen molar-refractivity contribution in [1.29, 1.82) is 0 Å². The van der Waals surface area contributed by atoms with E-state index >= 15 is 0 Å². The number of aromatic nitrogens is 1. The second-order valence-electron chi connectivity index (χ2n) is 6.27. The Balaban J connectivity index is 1.42. The van der Waals surface area contributed by atoms with Gasteiger partial charge in [0.1, 0.15) is 11.5 Å². The number of nitrogens with zero attached hydrogens (tertiary/aromatic N) is 1. The minimum atomic E-state index is 0.332. The summed E-state index contributed by atoms with van der Waals surface area (Å²) in [5.41, 5.74) is 1.22. The van der Waals surface area contributed by atoms with E-state index in [1.54, 1.807) is 7.11 Å². The lowest BCUT2D eigenvalue weighted by Gasteiger charge is -2.27. The summed E-state index contributed by atoms with van der Waals surface area (Å²) < 4.78 is 11.1. The van der Waals surface area contributed by atoms with E-state index in [2.05, 4.69) is 16.4 Å². The Morgan fingerprint density at radius 3 is 3.04 bits per heavy atom. The summed E-state index contributed by atoms with van der Waals surface area (Å²) in [6.07, 6.45) is 7.03. The lowest BCUT2D eigenvalue weighted by atomic mass is 9.86. The van der Waals surface area contributed by atoms with Gasteiger partial charge in [0, 0.05) is 47.6 Å². The fourth-order valence-electron chi connectivity index (χ4n) is 3.18. The number of rotatable bonds is 5. The zero-order chi connectivity index (χ0) is 15.6. The molecule has 1 saturated carbocycles. The van der Waals surface area contributed by atoms with Gasteiger partial charge in [-0.05, 0) is 18.9 Å². The fourth-order valence-corrected chi connectivity index (χ4v) is 4.22. The van der Waals surface area contributed by atoms with Crippen LogP contribution < -0.4 is 14.8 Å². The molecule has 4 nitrogen and oxygen atoms in total. The molecular formula is C18H22N2O2S. The van der Waals surface area contributed by atoms with E-state index < -0.39 is 0 Å². The van der Waals surface area contributed by atoms with Crippen LogP contribution in [0.3, 0.4) is 0 Å². The van der Waals surface area contributed by atoms with Gasteiger partial charge in [-0.1, -0.05) is 12.5 Å². The van der Waals surface area contributed by atoms with Gasteiger partial charge in [-0.25, -0.2) is 4.98 Å². The summed E-state index contributed by atoms with van der Waals surface area (Å²) >= 11 is 1.87. The van der Waals surface area contributed by atoms with E-state index in [0.29, 0.717) is 6.04 Å². The first-order chi connectivity index (χ1) is 11.3. The van der Waals surface area contributed by atoms with Crippen LogP contribution in [0, 0.1) is 0 Å². The summed E-state index contributed by atoms with van der Waals surface area (Å²) in [6, 6.07) is 6.42. The van der Waals surface area contributed by atoms with E-state index in [-0.39, 0.29) is 0 Å². The number of methoxy groups -OCH3 is 1. The molecule has 2 heterocycles. The van der Waals surface area contributed by atoms with E-state index in [1.807, 2.05) is 29.7 Å². The van der Waals surface area contributed by atoms with E-state index in [4.69, 9.17) is 9.47 Å². The molecule has 1 atom stereocenters. The van der Waals surface area contributed by atoms with Crippen molar-refractivity contribution in [2.45, 2.75) is 44.2 Å². The fraction of sp³-hybridized carbons (Fsp3) is 0.500. The van der Waals surface area contributed by atoms with Crippen molar-refractivity contribution in [3.05, 3.63) is 39.8 Å². The minimum absolute atomic E-state index is 0.332. The third-order valence-electron chi connectivity index (χ3n) is 4.81. The second kappa shape index (κ2) is 6.49. The molecule has 0 radical (unpaired) electrons. The molecule has 1 aliphatic carbocycles. The Bertz CT molecular complexity index is 681. The van der Waals surface area contributed by atoms with Gasteiger partial charge in [-0.3, -0.25) is 0 Å². The number of hydrogen-bond donors (Lipinski definition) is 1. The highest BCUT2D eigenvalue weighted by molar-refractivity contribution is 7.11. The molecule has 1 fully saturated rings. The highest BCUT2D eigenvalue weighted by Gasteiger charge is 2.24.